The van der Waals surface area contributed by atoms with Gasteiger partial charge in [-0.1, -0.05) is 33.6 Å². The molecule has 0 saturated heterocycles. The smallest absolute Gasteiger partial charge is 0.223 e. The first-order valence-corrected chi connectivity index (χ1v) is 4.70. The monoisotopic (exact) mass is 169 g/mol. The van der Waals surface area contributed by atoms with Crippen molar-refractivity contribution in [1.82, 2.24) is 0 Å². The van der Waals surface area contributed by atoms with Gasteiger partial charge in [-0.15, -0.1) is 0 Å². The van der Waals surface area contributed by atoms with Gasteiger partial charge < -0.3 is 5.73 Å². The van der Waals surface area contributed by atoms with E-state index in [1.807, 2.05) is 6.92 Å². The fourth-order valence-corrected chi connectivity index (χ4v) is 2.12. The van der Waals surface area contributed by atoms with E-state index in [-0.39, 0.29) is 16.7 Å². The maximum atomic E-state index is 11.3. The van der Waals surface area contributed by atoms with E-state index >= 15 is 0 Å². The van der Waals surface area contributed by atoms with Crippen LogP contribution in [0.4, 0.5) is 0 Å². The zero-order valence-corrected chi connectivity index (χ0v) is 8.31. The Bertz CT molecular complexity index is 198. The largest absolute Gasteiger partial charge is 0.369 e. The SMILES string of the molecule is CC1(C)CCCCC1(C)C(N)=O. The Morgan fingerprint density at radius 1 is 1.17 bits per heavy atom. The Morgan fingerprint density at radius 3 is 2.00 bits per heavy atom. The summed E-state index contributed by atoms with van der Waals surface area (Å²) >= 11 is 0. The minimum absolute atomic E-state index is 0.0804. The molecule has 0 aliphatic heterocycles. The number of nitrogens with two attached hydrogens (primary N) is 1. The van der Waals surface area contributed by atoms with E-state index in [2.05, 4.69) is 13.8 Å². The summed E-state index contributed by atoms with van der Waals surface area (Å²) in [5, 5.41) is 0. The maximum absolute atomic E-state index is 11.3. The molecule has 1 atom stereocenters. The van der Waals surface area contributed by atoms with Gasteiger partial charge in [0.2, 0.25) is 5.91 Å². The van der Waals surface area contributed by atoms with E-state index < -0.39 is 0 Å². The highest BCUT2D eigenvalue weighted by molar-refractivity contribution is 5.81. The van der Waals surface area contributed by atoms with Crippen molar-refractivity contribution in [3.05, 3.63) is 0 Å². The van der Waals surface area contributed by atoms with E-state index in [1.165, 1.54) is 6.42 Å². The van der Waals surface area contributed by atoms with Crippen LogP contribution in [-0.4, -0.2) is 5.91 Å². The first-order chi connectivity index (χ1) is 5.40. The van der Waals surface area contributed by atoms with Crippen LogP contribution in [-0.2, 0) is 4.79 Å². The topological polar surface area (TPSA) is 43.1 Å². The standard InChI is InChI=1S/C10H19NO/c1-9(2)6-4-5-7-10(9,3)8(11)12/h4-7H2,1-3H3,(H2,11,12). The number of carbonyl (C=O) groups is 1. The van der Waals surface area contributed by atoms with Gasteiger partial charge in [0.05, 0.1) is 5.41 Å². The van der Waals surface area contributed by atoms with Crippen LogP contribution in [0.1, 0.15) is 46.5 Å². The lowest BCUT2D eigenvalue weighted by Gasteiger charge is -2.45. The lowest BCUT2D eigenvalue weighted by molar-refractivity contribution is -0.136. The summed E-state index contributed by atoms with van der Waals surface area (Å²) in [6, 6.07) is 0. The predicted octanol–water partition coefficient (Wildman–Crippen LogP) is 2.08. The fourth-order valence-electron chi connectivity index (χ4n) is 2.12. The summed E-state index contributed by atoms with van der Waals surface area (Å²) < 4.78 is 0. The Hall–Kier alpha value is -0.530. The molecule has 2 heteroatoms. The maximum Gasteiger partial charge on any atom is 0.223 e. The van der Waals surface area contributed by atoms with E-state index in [9.17, 15) is 4.79 Å². The third kappa shape index (κ3) is 1.23. The molecule has 2 nitrogen and oxygen atoms in total. The molecule has 1 fully saturated rings. The van der Waals surface area contributed by atoms with Crippen molar-refractivity contribution < 1.29 is 4.79 Å². The lowest BCUT2D eigenvalue weighted by Crippen LogP contribution is -2.47. The van der Waals surface area contributed by atoms with Crippen LogP contribution < -0.4 is 5.73 Å². The van der Waals surface area contributed by atoms with Crippen LogP contribution in [0, 0.1) is 10.8 Å². The van der Waals surface area contributed by atoms with Gasteiger partial charge in [-0.25, -0.2) is 0 Å². The van der Waals surface area contributed by atoms with Crippen molar-refractivity contribution in [2.75, 3.05) is 0 Å². The average molecular weight is 169 g/mol. The zero-order chi connectivity index (χ0) is 9.41. The van der Waals surface area contributed by atoms with Gasteiger partial charge in [0.15, 0.2) is 0 Å². The molecule has 0 spiro atoms. The normalized spacial score (nSPS) is 34.6. The summed E-state index contributed by atoms with van der Waals surface area (Å²) in [5.41, 5.74) is 5.23. The quantitative estimate of drug-likeness (QED) is 0.641. The third-order valence-corrected chi connectivity index (χ3v) is 3.77. The molecule has 0 radical (unpaired) electrons. The highest BCUT2D eigenvalue weighted by atomic mass is 16.1. The summed E-state index contributed by atoms with van der Waals surface area (Å²) in [4.78, 5) is 11.3. The lowest BCUT2D eigenvalue weighted by atomic mass is 9.58. The summed E-state index contributed by atoms with van der Waals surface area (Å²) in [6.07, 6.45) is 4.44. The first-order valence-electron chi connectivity index (χ1n) is 4.70. The molecule has 0 aromatic carbocycles. The number of amides is 1. The Labute approximate surface area is 74.5 Å². The van der Waals surface area contributed by atoms with E-state index in [0.29, 0.717) is 0 Å². The first kappa shape index (κ1) is 9.56. The predicted molar refractivity (Wildman–Crippen MR) is 49.6 cm³/mol. The summed E-state index contributed by atoms with van der Waals surface area (Å²) in [5.74, 6) is -0.132. The molecular formula is C10H19NO. The molecule has 2 N–H and O–H groups in total. The number of hydrogen-bond acceptors (Lipinski definition) is 1. The van der Waals surface area contributed by atoms with E-state index in [0.717, 1.165) is 19.3 Å². The van der Waals surface area contributed by atoms with Gasteiger partial charge in [-0.05, 0) is 18.3 Å². The van der Waals surface area contributed by atoms with Crippen LogP contribution in [0.2, 0.25) is 0 Å². The molecule has 70 valence electrons. The molecule has 0 aromatic rings. The molecule has 0 aromatic heterocycles. The summed E-state index contributed by atoms with van der Waals surface area (Å²) in [6.45, 7) is 6.31. The van der Waals surface area contributed by atoms with Crippen molar-refractivity contribution in [2.24, 2.45) is 16.6 Å². The molecule has 0 heterocycles. The van der Waals surface area contributed by atoms with Crippen LogP contribution in [0.5, 0.6) is 0 Å². The molecular weight excluding hydrogens is 150 g/mol. The number of rotatable bonds is 1. The molecule has 1 rings (SSSR count). The molecule has 0 bridgehead atoms. The number of primary amides is 1. The molecule has 1 saturated carbocycles. The molecule has 12 heavy (non-hydrogen) atoms. The van der Waals surface area contributed by atoms with Gasteiger partial charge in [-0.3, -0.25) is 4.79 Å². The molecule has 1 amide bonds. The number of hydrogen-bond donors (Lipinski definition) is 1. The summed E-state index contributed by atoms with van der Waals surface area (Å²) in [7, 11) is 0. The molecule has 1 unspecified atom stereocenters. The van der Waals surface area contributed by atoms with E-state index in [1.54, 1.807) is 0 Å². The number of carbonyl (C=O) groups excluding carboxylic acids is 1. The minimum Gasteiger partial charge on any atom is -0.369 e. The second-order valence-electron chi connectivity index (χ2n) is 4.79. The second-order valence-corrected chi connectivity index (χ2v) is 4.79. The Morgan fingerprint density at radius 2 is 1.67 bits per heavy atom. The van der Waals surface area contributed by atoms with Crippen LogP contribution in [0.3, 0.4) is 0 Å². The van der Waals surface area contributed by atoms with Gasteiger partial charge in [0, 0.05) is 0 Å². The molecule has 1 aliphatic rings. The average Bonchev–Trinajstić information content (AvgIpc) is 1.95. The molecule has 1 aliphatic carbocycles. The van der Waals surface area contributed by atoms with Crippen molar-refractivity contribution in [3.63, 3.8) is 0 Å². The van der Waals surface area contributed by atoms with Crippen molar-refractivity contribution in [3.8, 4) is 0 Å². The highest BCUT2D eigenvalue weighted by Crippen LogP contribution is 2.49. The third-order valence-electron chi connectivity index (χ3n) is 3.77. The highest BCUT2D eigenvalue weighted by Gasteiger charge is 2.46. The Balaban J connectivity index is 2.91. The minimum atomic E-state index is -0.286. The van der Waals surface area contributed by atoms with Crippen molar-refractivity contribution in [2.45, 2.75) is 46.5 Å². The van der Waals surface area contributed by atoms with E-state index in [4.69, 9.17) is 5.73 Å². The van der Waals surface area contributed by atoms with Crippen molar-refractivity contribution >= 4 is 5.91 Å². The van der Waals surface area contributed by atoms with Crippen molar-refractivity contribution in [1.29, 1.82) is 0 Å². The van der Waals surface area contributed by atoms with Gasteiger partial charge in [0.25, 0.3) is 0 Å². The Kier molecular flexibility index (Phi) is 2.19. The van der Waals surface area contributed by atoms with Crippen LogP contribution in [0.25, 0.3) is 0 Å². The van der Waals surface area contributed by atoms with Gasteiger partial charge in [-0.2, -0.15) is 0 Å². The fraction of sp³-hybridized carbons (Fsp3) is 0.900. The van der Waals surface area contributed by atoms with Crippen LogP contribution >= 0.6 is 0 Å². The van der Waals surface area contributed by atoms with Crippen LogP contribution in [0.15, 0.2) is 0 Å². The zero-order valence-electron chi connectivity index (χ0n) is 8.31. The van der Waals surface area contributed by atoms with Gasteiger partial charge >= 0.3 is 0 Å². The van der Waals surface area contributed by atoms with Gasteiger partial charge in [0.1, 0.15) is 0 Å². The second kappa shape index (κ2) is 2.75.